The van der Waals surface area contributed by atoms with E-state index in [1.54, 1.807) is 29.9 Å². The molecule has 0 saturated carbocycles. The summed E-state index contributed by atoms with van der Waals surface area (Å²) in [5.74, 6) is 0.259. The van der Waals surface area contributed by atoms with Crippen molar-refractivity contribution in [3.63, 3.8) is 0 Å². The minimum Gasteiger partial charge on any atom is -0.497 e. The molecule has 32 heavy (non-hydrogen) atoms. The monoisotopic (exact) mass is 431 g/mol. The summed E-state index contributed by atoms with van der Waals surface area (Å²) in [6.45, 7) is 2.13. The van der Waals surface area contributed by atoms with E-state index in [9.17, 15) is 14.4 Å². The van der Waals surface area contributed by atoms with Gasteiger partial charge in [-0.1, -0.05) is 12.1 Å². The third-order valence-corrected chi connectivity index (χ3v) is 6.50. The van der Waals surface area contributed by atoms with E-state index in [1.165, 1.54) is 6.20 Å². The van der Waals surface area contributed by atoms with Crippen LogP contribution in [0.5, 0.6) is 5.75 Å². The number of nitrogens with zero attached hydrogens (tertiary/aromatic N) is 5. The summed E-state index contributed by atoms with van der Waals surface area (Å²) in [5, 5.41) is 9.09. The van der Waals surface area contributed by atoms with Crippen LogP contribution in [0, 0.1) is 18.3 Å². The van der Waals surface area contributed by atoms with Crippen molar-refractivity contribution in [2.24, 2.45) is 0 Å². The molecule has 0 radical (unpaired) electrons. The molecule has 3 fully saturated rings. The number of urea groups is 1. The van der Waals surface area contributed by atoms with E-state index in [0.29, 0.717) is 30.0 Å². The number of anilines is 1. The number of carbonyl (C=O) groups is 3. The highest BCUT2D eigenvalue weighted by Gasteiger charge is 2.62. The smallest absolute Gasteiger partial charge is 0.332 e. The number of piperazine rings is 1. The van der Waals surface area contributed by atoms with Crippen LogP contribution < -0.4 is 9.64 Å². The molecule has 9 heteroatoms. The zero-order valence-electron chi connectivity index (χ0n) is 17.7. The Morgan fingerprint density at radius 1 is 1.31 bits per heavy atom. The Bertz CT molecular complexity index is 1190. The third kappa shape index (κ3) is 2.91. The first-order chi connectivity index (χ1) is 15.4. The molecule has 3 aliphatic rings. The number of aromatic nitrogens is 1. The van der Waals surface area contributed by atoms with Crippen LogP contribution in [-0.4, -0.2) is 64.4 Å². The molecule has 3 atom stereocenters. The standard InChI is InChI=1S/C23H21N5O4/c1-13-6-15(11-25-18(13)10-24)28-22(30)21-19-9-16(27(21)23(28)31)12-26(19)20(29)8-14-4-3-5-17(7-14)32-2/h3-7,11,16,19,21H,8-9,12H2,1-2H3/t16-,19?,21+/m1/s1. The number of aryl methyl sites for hydroxylation is 1. The molecule has 9 nitrogen and oxygen atoms in total. The van der Waals surface area contributed by atoms with Crippen molar-refractivity contribution < 1.29 is 19.1 Å². The fourth-order valence-corrected chi connectivity index (χ4v) is 5.04. The van der Waals surface area contributed by atoms with Gasteiger partial charge >= 0.3 is 6.03 Å². The van der Waals surface area contributed by atoms with Gasteiger partial charge in [-0.05, 0) is 42.7 Å². The van der Waals surface area contributed by atoms with Gasteiger partial charge < -0.3 is 14.5 Å². The first-order valence-corrected chi connectivity index (χ1v) is 10.4. The first-order valence-electron chi connectivity index (χ1n) is 10.4. The number of pyridine rings is 1. The number of hydrogen-bond donors (Lipinski definition) is 0. The number of amides is 4. The number of carbonyl (C=O) groups excluding carboxylic acids is 3. The van der Waals surface area contributed by atoms with Crippen LogP contribution in [0.25, 0.3) is 0 Å². The molecule has 1 aromatic heterocycles. The number of likely N-dealkylation sites (tertiary alicyclic amines) is 1. The predicted octanol–water partition coefficient (Wildman–Crippen LogP) is 1.63. The molecule has 1 aromatic carbocycles. The summed E-state index contributed by atoms with van der Waals surface area (Å²) in [5.41, 5.74) is 2.03. The van der Waals surface area contributed by atoms with Crippen LogP contribution in [0.15, 0.2) is 36.5 Å². The lowest BCUT2D eigenvalue weighted by atomic mass is 10.1. The molecule has 0 N–H and O–H groups in total. The fourth-order valence-electron chi connectivity index (χ4n) is 5.04. The summed E-state index contributed by atoms with van der Waals surface area (Å²) in [4.78, 5) is 48.0. The largest absolute Gasteiger partial charge is 0.497 e. The molecule has 3 aliphatic heterocycles. The van der Waals surface area contributed by atoms with E-state index >= 15 is 0 Å². The van der Waals surface area contributed by atoms with Gasteiger partial charge in [0.05, 0.1) is 37.5 Å². The van der Waals surface area contributed by atoms with E-state index in [-0.39, 0.29) is 36.0 Å². The quantitative estimate of drug-likeness (QED) is 0.681. The number of methoxy groups -OCH3 is 1. The number of nitriles is 1. The van der Waals surface area contributed by atoms with E-state index in [2.05, 4.69) is 4.98 Å². The molecule has 2 bridgehead atoms. The van der Waals surface area contributed by atoms with Crippen molar-refractivity contribution in [2.45, 2.75) is 37.9 Å². The maximum absolute atomic E-state index is 13.3. The van der Waals surface area contributed by atoms with Crippen LogP contribution in [0.1, 0.15) is 23.2 Å². The van der Waals surface area contributed by atoms with Gasteiger partial charge in [-0.15, -0.1) is 0 Å². The van der Waals surface area contributed by atoms with Gasteiger partial charge in [-0.2, -0.15) is 5.26 Å². The van der Waals surface area contributed by atoms with Gasteiger partial charge in [-0.25, -0.2) is 14.7 Å². The molecule has 0 aliphatic carbocycles. The molecular formula is C23H21N5O4. The zero-order valence-corrected chi connectivity index (χ0v) is 17.7. The topological polar surface area (TPSA) is 107 Å². The number of hydrogen-bond acceptors (Lipinski definition) is 6. The minimum atomic E-state index is -0.688. The molecule has 4 heterocycles. The number of benzene rings is 1. The zero-order chi connectivity index (χ0) is 22.6. The molecule has 0 spiro atoms. The maximum Gasteiger partial charge on any atom is 0.332 e. The predicted molar refractivity (Wildman–Crippen MR) is 113 cm³/mol. The molecule has 3 saturated heterocycles. The van der Waals surface area contributed by atoms with E-state index in [0.717, 1.165) is 10.5 Å². The lowest BCUT2D eigenvalue weighted by Gasteiger charge is -2.35. The number of imide groups is 1. The Morgan fingerprint density at radius 2 is 2.12 bits per heavy atom. The van der Waals surface area contributed by atoms with Gasteiger partial charge in [-0.3, -0.25) is 9.59 Å². The Kier molecular flexibility index (Phi) is 4.59. The van der Waals surface area contributed by atoms with E-state index in [4.69, 9.17) is 10.00 Å². The Hall–Kier alpha value is -3.93. The van der Waals surface area contributed by atoms with Gasteiger partial charge in [0.25, 0.3) is 5.91 Å². The highest BCUT2D eigenvalue weighted by molar-refractivity contribution is 6.22. The minimum absolute atomic E-state index is 0.0695. The molecule has 5 rings (SSSR count). The van der Waals surface area contributed by atoms with E-state index in [1.807, 2.05) is 30.3 Å². The third-order valence-electron chi connectivity index (χ3n) is 6.50. The second kappa shape index (κ2) is 7.34. The van der Waals surface area contributed by atoms with Crippen LogP contribution in [0.3, 0.4) is 0 Å². The molecular weight excluding hydrogens is 410 g/mol. The average Bonchev–Trinajstić information content (AvgIpc) is 3.45. The van der Waals surface area contributed by atoms with Gasteiger partial charge in [0.1, 0.15) is 23.6 Å². The van der Waals surface area contributed by atoms with Crippen LogP contribution in [0.2, 0.25) is 0 Å². The van der Waals surface area contributed by atoms with Gasteiger partial charge in [0.2, 0.25) is 5.91 Å². The lowest BCUT2D eigenvalue weighted by molar-refractivity contribution is -0.135. The van der Waals surface area contributed by atoms with E-state index < -0.39 is 12.1 Å². The second-order valence-electron chi connectivity index (χ2n) is 8.31. The summed E-state index contributed by atoms with van der Waals surface area (Å²) in [6, 6.07) is 9.35. The van der Waals surface area contributed by atoms with Gasteiger partial charge in [0, 0.05) is 6.54 Å². The van der Waals surface area contributed by atoms with Crippen molar-refractivity contribution in [1.82, 2.24) is 14.8 Å². The Balaban J connectivity index is 1.37. The average molecular weight is 431 g/mol. The fraction of sp³-hybridized carbons (Fsp3) is 0.348. The van der Waals surface area contributed by atoms with Crippen molar-refractivity contribution >= 4 is 23.5 Å². The number of ether oxygens (including phenoxy) is 1. The van der Waals surface area contributed by atoms with Crippen LogP contribution >= 0.6 is 0 Å². The lowest BCUT2D eigenvalue weighted by Crippen LogP contribution is -2.55. The van der Waals surface area contributed by atoms with Gasteiger partial charge in [0.15, 0.2) is 0 Å². The summed E-state index contributed by atoms with van der Waals surface area (Å²) in [6.07, 6.45) is 2.18. The summed E-state index contributed by atoms with van der Waals surface area (Å²) in [7, 11) is 1.58. The summed E-state index contributed by atoms with van der Waals surface area (Å²) < 4.78 is 5.23. The first kappa shape index (κ1) is 20.0. The van der Waals surface area contributed by atoms with Crippen molar-refractivity contribution in [3.05, 3.63) is 53.3 Å². The Labute approximate surface area is 184 Å². The highest BCUT2D eigenvalue weighted by Crippen LogP contribution is 2.42. The molecule has 2 aromatic rings. The van der Waals surface area contributed by atoms with Crippen LogP contribution in [-0.2, 0) is 16.0 Å². The maximum atomic E-state index is 13.3. The molecule has 4 amide bonds. The van der Waals surface area contributed by atoms with Crippen LogP contribution in [0.4, 0.5) is 10.5 Å². The normalized spacial score (nSPS) is 23.5. The van der Waals surface area contributed by atoms with Crippen molar-refractivity contribution in [2.75, 3.05) is 18.6 Å². The van der Waals surface area contributed by atoms with Crippen molar-refractivity contribution in [1.29, 1.82) is 5.26 Å². The second-order valence-corrected chi connectivity index (χ2v) is 8.31. The SMILES string of the molecule is COc1cccc(CC(=O)N2C[C@H]3CC2[C@H]2C(=O)N(c4cnc(C#N)c(C)c4)C(=O)N32)c1. The Morgan fingerprint density at radius 3 is 2.84 bits per heavy atom. The summed E-state index contributed by atoms with van der Waals surface area (Å²) >= 11 is 0. The van der Waals surface area contributed by atoms with Crippen molar-refractivity contribution in [3.8, 4) is 11.8 Å². The number of fused-ring (bicyclic) bond motifs is 5. The molecule has 162 valence electrons. The highest BCUT2D eigenvalue weighted by atomic mass is 16.5. The number of rotatable bonds is 4. The molecule has 1 unspecified atom stereocenters.